The molecule has 0 saturated carbocycles. The highest BCUT2D eigenvalue weighted by atomic mass is 16.5. The predicted molar refractivity (Wildman–Crippen MR) is 68.4 cm³/mol. The van der Waals surface area contributed by atoms with E-state index in [0.29, 0.717) is 11.8 Å². The van der Waals surface area contributed by atoms with Crippen molar-refractivity contribution in [3.8, 4) is 0 Å². The molecule has 1 aromatic carbocycles. The van der Waals surface area contributed by atoms with Crippen LogP contribution < -0.4 is 5.32 Å². The number of nitrogens with one attached hydrogen (secondary N) is 1. The molecule has 0 saturated heterocycles. The van der Waals surface area contributed by atoms with Crippen LogP contribution >= 0.6 is 0 Å². The van der Waals surface area contributed by atoms with Gasteiger partial charge in [-0.3, -0.25) is 0 Å². The van der Waals surface area contributed by atoms with Gasteiger partial charge in [-0.25, -0.2) is 0 Å². The van der Waals surface area contributed by atoms with Gasteiger partial charge in [0.05, 0.1) is 6.04 Å². The molecule has 0 spiro atoms. The minimum atomic E-state index is 0.0999. The van der Waals surface area contributed by atoms with E-state index in [2.05, 4.69) is 39.7 Å². The standard InChI is InChI=1S/C14H17N3O/c1-9(15-2)14-16-13(17-18-14)12-8-7-10-5-3-4-6-11(10)12/h3-6,9,12,15H,7-8H2,1-2H3. The zero-order valence-electron chi connectivity index (χ0n) is 10.7. The summed E-state index contributed by atoms with van der Waals surface area (Å²) in [5.41, 5.74) is 2.76. The molecule has 1 N–H and O–H groups in total. The lowest BCUT2D eigenvalue weighted by Crippen LogP contribution is -2.12. The van der Waals surface area contributed by atoms with E-state index >= 15 is 0 Å². The van der Waals surface area contributed by atoms with Crippen molar-refractivity contribution in [2.24, 2.45) is 0 Å². The van der Waals surface area contributed by atoms with Gasteiger partial charge in [0.25, 0.3) is 0 Å². The molecule has 0 amide bonds. The lowest BCUT2D eigenvalue weighted by atomic mass is 10.0. The summed E-state index contributed by atoms with van der Waals surface area (Å²) in [6, 6.07) is 8.63. The van der Waals surface area contributed by atoms with E-state index in [1.165, 1.54) is 11.1 Å². The summed E-state index contributed by atoms with van der Waals surface area (Å²) in [6.45, 7) is 2.01. The van der Waals surface area contributed by atoms with E-state index in [9.17, 15) is 0 Å². The Morgan fingerprint density at radius 2 is 2.22 bits per heavy atom. The van der Waals surface area contributed by atoms with E-state index in [-0.39, 0.29) is 6.04 Å². The number of aromatic nitrogens is 2. The van der Waals surface area contributed by atoms with Gasteiger partial charge in [0, 0.05) is 5.92 Å². The zero-order valence-corrected chi connectivity index (χ0v) is 10.7. The summed E-state index contributed by atoms with van der Waals surface area (Å²) >= 11 is 0. The van der Waals surface area contributed by atoms with E-state index < -0.39 is 0 Å². The largest absolute Gasteiger partial charge is 0.338 e. The summed E-state index contributed by atoms with van der Waals surface area (Å²) in [5.74, 6) is 1.77. The van der Waals surface area contributed by atoms with Crippen LogP contribution in [0.1, 0.15) is 48.1 Å². The summed E-state index contributed by atoms with van der Waals surface area (Å²) < 4.78 is 5.32. The molecule has 1 aliphatic rings. The Morgan fingerprint density at radius 1 is 1.39 bits per heavy atom. The summed E-state index contributed by atoms with van der Waals surface area (Å²) in [6.07, 6.45) is 2.18. The number of hydrogen-bond donors (Lipinski definition) is 1. The number of nitrogens with zero attached hydrogens (tertiary/aromatic N) is 2. The minimum absolute atomic E-state index is 0.0999. The highest BCUT2D eigenvalue weighted by molar-refractivity contribution is 5.38. The van der Waals surface area contributed by atoms with Crippen molar-refractivity contribution >= 4 is 0 Å². The van der Waals surface area contributed by atoms with Crippen LogP contribution in [0.15, 0.2) is 28.8 Å². The van der Waals surface area contributed by atoms with Gasteiger partial charge < -0.3 is 9.84 Å². The Morgan fingerprint density at radius 3 is 3.06 bits per heavy atom. The second kappa shape index (κ2) is 4.53. The maximum atomic E-state index is 5.32. The van der Waals surface area contributed by atoms with Crippen molar-refractivity contribution in [3.63, 3.8) is 0 Å². The smallest absolute Gasteiger partial charge is 0.243 e. The summed E-state index contributed by atoms with van der Waals surface area (Å²) in [7, 11) is 1.89. The first kappa shape index (κ1) is 11.4. The fourth-order valence-electron chi connectivity index (χ4n) is 2.51. The zero-order chi connectivity index (χ0) is 12.5. The number of hydrogen-bond acceptors (Lipinski definition) is 4. The maximum Gasteiger partial charge on any atom is 0.243 e. The van der Waals surface area contributed by atoms with Gasteiger partial charge >= 0.3 is 0 Å². The molecule has 1 aromatic heterocycles. The average Bonchev–Trinajstić information content (AvgIpc) is 3.03. The third kappa shape index (κ3) is 1.82. The molecule has 0 aliphatic heterocycles. The molecule has 0 radical (unpaired) electrons. The van der Waals surface area contributed by atoms with Crippen LogP contribution in [0, 0.1) is 0 Å². The topological polar surface area (TPSA) is 51.0 Å². The molecule has 0 bridgehead atoms. The van der Waals surface area contributed by atoms with Gasteiger partial charge in [-0.15, -0.1) is 0 Å². The fraction of sp³-hybridized carbons (Fsp3) is 0.429. The molecule has 2 atom stereocenters. The minimum Gasteiger partial charge on any atom is -0.338 e. The highest BCUT2D eigenvalue weighted by Gasteiger charge is 2.28. The lowest BCUT2D eigenvalue weighted by Gasteiger charge is -2.06. The van der Waals surface area contributed by atoms with Crippen LogP contribution in [0.25, 0.3) is 0 Å². The molecule has 2 unspecified atom stereocenters. The Bertz CT molecular complexity index is 549. The molecule has 4 nitrogen and oxygen atoms in total. The van der Waals surface area contributed by atoms with E-state index in [0.717, 1.165) is 18.7 Å². The van der Waals surface area contributed by atoms with Gasteiger partial charge in [-0.1, -0.05) is 29.4 Å². The van der Waals surface area contributed by atoms with Crippen LogP contribution in [0.4, 0.5) is 0 Å². The van der Waals surface area contributed by atoms with Crippen LogP contribution in [0.2, 0.25) is 0 Å². The van der Waals surface area contributed by atoms with Gasteiger partial charge in [0.15, 0.2) is 5.82 Å². The molecule has 18 heavy (non-hydrogen) atoms. The van der Waals surface area contributed by atoms with Gasteiger partial charge in [0.2, 0.25) is 5.89 Å². The number of aryl methyl sites for hydroxylation is 1. The van der Waals surface area contributed by atoms with Crippen molar-refractivity contribution in [1.82, 2.24) is 15.5 Å². The Hall–Kier alpha value is -1.68. The van der Waals surface area contributed by atoms with Crippen LogP contribution in [0.3, 0.4) is 0 Å². The molecule has 3 rings (SSSR count). The fourth-order valence-corrected chi connectivity index (χ4v) is 2.51. The third-order valence-electron chi connectivity index (χ3n) is 3.71. The lowest BCUT2D eigenvalue weighted by molar-refractivity contribution is 0.342. The van der Waals surface area contributed by atoms with Crippen LogP contribution in [-0.4, -0.2) is 17.2 Å². The van der Waals surface area contributed by atoms with Crippen molar-refractivity contribution in [2.45, 2.75) is 31.7 Å². The van der Waals surface area contributed by atoms with E-state index in [4.69, 9.17) is 4.52 Å². The predicted octanol–water partition coefficient (Wildman–Crippen LogP) is 2.43. The molecule has 2 aromatic rings. The molecule has 1 heterocycles. The van der Waals surface area contributed by atoms with Crippen LogP contribution in [0.5, 0.6) is 0 Å². The Labute approximate surface area is 106 Å². The monoisotopic (exact) mass is 243 g/mol. The molecular weight excluding hydrogens is 226 g/mol. The van der Waals surface area contributed by atoms with Gasteiger partial charge in [0.1, 0.15) is 0 Å². The first-order valence-electron chi connectivity index (χ1n) is 6.38. The van der Waals surface area contributed by atoms with Gasteiger partial charge in [-0.05, 0) is 37.9 Å². The number of rotatable bonds is 3. The highest BCUT2D eigenvalue weighted by Crippen LogP contribution is 2.36. The van der Waals surface area contributed by atoms with Crippen molar-refractivity contribution in [3.05, 3.63) is 47.1 Å². The summed E-state index contributed by atoms with van der Waals surface area (Å²) in [5, 5.41) is 7.25. The third-order valence-corrected chi connectivity index (χ3v) is 3.71. The van der Waals surface area contributed by atoms with Crippen molar-refractivity contribution in [1.29, 1.82) is 0 Å². The van der Waals surface area contributed by atoms with Crippen molar-refractivity contribution in [2.75, 3.05) is 7.05 Å². The normalized spacial score (nSPS) is 19.8. The molecular formula is C14H17N3O. The van der Waals surface area contributed by atoms with Crippen LogP contribution in [-0.2, 0) is 6.42 Å². The van der Waals surface area contributed by atoms with E-state index in [1.54, 1.807) is 0 Å². The Balaban J connectivity index is 1.91. The van der Waals surface area contributed by atoms with Gasteiger partial charge in [-0.2, -0.15) is 4.98 Å². The maximum absolute atomic E-state index is 5.32. The number of benzene rings is 1. The Kier molecular flexibility index (Phi) is 2.88. The quantitative estimate of drug-likeness (QED) is 0.899. The number of fused-ring (bicyclic) bond motifs is 1. The molecule has 1 aliphatic carbocycles. The first-order chi connectivity index (χ1) is 8.79. The second-order valence-corrected chi connectivity index (χ2v) is 4.79. The first-order valence-corrected chi connectivity index (χ1v) is 6.38. The summed E-state index contributed by atoms with van der Waals surface area (Å²) in [4.78, 5) is 4.52. The molecule has 94 valence electrons. The molecule has 4 heteroatoms. The molecule has 0 fully saturated rings. The van der Waals surface area contributed by atoms with E-state index in [1.807, 2.05) is 14.0 Å². The second-order valence-electron chi connectivity index (χ2n) is 4.79. The SMILES string of the molecule is CNC(C)c1nc(C2CCc3ccccc32)no1. The average molecular weight is 243 g/mol. The van der Waals surface area contributed by atoms with Crippen molar-refractivity contribution < 1.29 is 4.52 Å².